The molecule has 0 bridgehead atoms. The van der Waals surface area contributed by atoms with E-state index in [-0.39, 0.29) is 6.61 Å². The molecule has 0 spiro atoms. The van der Waals surface area contributed by atoms with Crippen molar-refractivity contribution in [2.45, 2.75) is 13.5 Å². The number of rotatable bonds is 2. The molecule has 0 saturated heterocycles. The summed E-state index contributed by atoms with van der Waals surface area (Å²) >= 11 is 3.42. The third-order valence-corrected chi connectivity index (χ3v) is 3.14. The molecule has 0 aliphatic carbocycles. The smallest absolute Gasteiger partial charge is 0.107 e. The first-order valence-corrected chi connectivity index (χ1v) is 5.93. The van der Waals surface area contributed by atoms with Crippen LogP contribution in [0.15, 0.2) is 46.9 Å². The van der Waals surface area contributed by atoms with Crippen LogP contribution < -0.4 is 0 Å². The topological polar surface area (TPSA) is 19.9 Å². The SMILES string of the molecule is Cc1cc(C[O])ccc1-c1ccc(Br)cc1. The first-order chi connectivity index (χ1) is 7.70. The zero-order chi connectivity index (χ0) is 11.5. The van der Waals surface area contributed by atoms with E-state index < -0.39 is 0 Å². The third kappa shape index (κ3) is 2.34. The largest absolute Gasteiger partial charge is 0.232 e. The minimum Gasteiger partial charge on any atom is -0.232 e. The number of benzene rings is 2. The molecule has 0 aliphatic rings. The molecule has 16 heavy (non-hydrogen) atoms. The van der Waals surface area contributed by atoms with Gasteiger partial charge in [-0.05, 0) is 41.3 Å². The van der Waals surface area contributed by atoms with Crippen LogP contribution in [0.2, 0.25) is 0 Å². The predicted octanol–water partition coefficient (Wildman–Crippen LogP) is 4.36. The molecule has 0 saturated carbocycles. The second-order valence-electron chi connectivity index (χ2n) is 3.80. The van der Waals surface area contributed by atoms with Crippen LogP contribution in [0.1, 0.15) is 11.1 Å². The zero-order valence-electron chi connectivity index (χ0n) is 9.03. The molecule has 0 unspecified atom stereocenters. The average molecular weight is 276 g/mol. The Bertz CT molecular complexity index is 489. The van der Waals surface area contributed by atoms with Crippen LogP contribution in [0, 0.1) is 6.92 Å². The fourth-order valence-corrected chi connectivity index (χ4v) is 2.03. The Balaban J connectivity index is 2.44. The summed E-state index contributed by atoms with van der Waals surface area (Å²) in [4.78, 5) is 0. The van der Waals surface area contributed by atoms with Crippen molar-refractivity contribution in [1.82, 2.24) is 0 Å². The Morgan fingerprint density at radius 2 is 1.75 bits per heavy atom. The minimum atomic E-state index is -0.151. The Labute approximate surface area is 104 Å². The summed E-state index contributed by atoms with van der Waals surface area (Å²) in [5.41, 5.74) is 4.36. The maximum Gasteiger partial charge on any atom is 0.107 e. The second kappa shape index (κ2) is 4.81. The number of aryl methyl sites for hydroxylation is 1. The maximum atomic E-state index is 10.8. The molecule has 1 radical (unpaired) electrons. The fourth-order valence-electron chi connectivity index (χ4n) is 1.77. The molecule has 2 aromatic carbocycles. The molecule has 2 heteroatoms. The van der Waals surface area contributed by atoms with E-state index in [4.69, 9.17) is 0 Å². The van der Waals surface area contributed by atoms with E-state index in [2.05, 4.69) is 28.1 Å². The van der Waals surface area contributed by atoms with Crippen molar-refractivity contribution in [2.75, 3.05) is 0 Å². The summed E-state index contributed by atoms with van der Waals surface area (Å²) in [5, 5.41) is 10.8. The molecule has 0 aliphatic heterocycles. The van der Waals surface area contributed by atoms with E-state index in [1.807, 2.05) is 37.3 Å². The van der Waals surface area contributed by atoms with Gasteiger partial charge in [-0.1, -0.05) is 46.3 Å². The van der Waals surface area contributed by atoms with Crippen molar-refractivity contribution in [2.24, 2.45) is 0 Å². The summed E-state index contributed by atoms with van der Waals surface area (Å²) in [6, 6.07) is 14.1. The van der Waals surface area contributed by atoms with Crippen LogP contribution in [0.4, 0.5) is 0 Å². The van der Waals surface area contributed by atoms with E-state index in [0.717, 1.165) is 15.6 Å². The average Bonchev–Trinajstić information content (AvgIpc) is 2.30. The highest BCUT2D eigenvalue weighted by Gasteiger charge is 2.02. The molecule has 2 aromatic rings. The Morgan fingerprint density at radius 3 is 2.31 bits per heavy atom. The minimum absolute atomic E-state index is 0.151. The lowest BCUT2D eigenvalue weighted by Gasteiger charge is -2.07. The fraction of sp³-hybridized carbons (Fsp3) is 0.143. The van der Waals surface area contributed by atoms with Gasteiger partial charge < -0.3 is 0 Å². The molecule has 0 heterocycles. The highest BCUT2D eigenvalue weighted by molar-refractivity contribution is 9.10. The van der Waals surface area contributed by atoms with Crippen LogP contribution in [0.3, 0.4) is 0 Å². The Kier molecular flexibility index (Phi) is 3.42. The number of halogens is 1. The predicted molar refractivity (Wildman–Crippen MR) is 68.7 cm³/mol. The molecule has 0 fully saturated rings. The molecule has 0 aromatic heterocycles. The van der Waals surface area contributed by atoms with E-state index in [0.29, 0.717) is 0 Å². The lowest BCUT2D eigenvalue weighted by Crippen LogP contribution is -1.87. The van der Waals surface area contributed by atoms with Crippen molar-refractivity contribution in [3.63, 3.8) is 0 Å². The molecule has 0 atom stereocenters. The Morgan fingerprint density at radius 1 is 1.06 bits per heavy atom. The highest BCUT2D eigenvalue weighted by Crippen LogP contribution is 2.25. The van der Waals surface area contributed by atoms with E-state index >= 15 is 0 Å². The van der Waals surface area contributed by atoms with Crippen LogP contribution in [0.25, 0.3) is 11.1 Å². The second-order valence-corrected chi connectivity index (χ2v) is 4.72. The molecular formula is C14H12BrO. The standard InChI is InChI=1S/C14H12BrO/c1-10-8-11(9-16)2-7-14(10)12-3-5-13(15)6-4-12/h2-8H,9H2,1H3. The van der Waals surface area contributed by atoms with Gasteiger partial charge >= 0.3 is 0 Å². The number of hydrogen-bond acceptors (Lipinski definition) is 0. The van der Waals surface area contributed by atoms with Gasteiger partial charge in [0.1, 0.15) is 6.61 Å². The molecule has 0 amide bonds. The Hall–Kier alpha value is -1.12. The van der Waals surface area contributed by atoms with Gasteiger partial charge in [-0.15, -0.1) is 0 Å². The van der Waals surface area contributed by atoms with Gasteiger partial charge in [0, 0.05) is 4.47 Å². The molecule has 1 nitrogen and oxygen atoms in total. The quantitative estimate of drug-likeness (QED) is 0.777. The zero-order valence-corrected chi connectivity index (χ0v) is 10.6. The van der Waals surface area contributed by atoms with Crippen LogP contribution >= 0.6 is 15.9 Å². The van der Waals surface area contributed by atoms with Crippen molar-refractivity contribution in [3.05, 3.63) is 58.1 Å². The highest BCUT2D eigenvalue weighted by atomic mass is 79.9. The van der Waals surface area contributed by atoms with Crippen molar-refractivity contribution in [1.29, 1.82) is 0 Å². The summed E-state index contributed by atoms with van der Waals surface area (Å²) in [6.07, 6.45) is 0. The number of hydrogen-bond donors (Lipinski definition) is 0. The first-order valence-electron chi connectivity index (χ1n) is 5.14. The van der Waals surface area contributed by atoms with Crippen molar-refractivity contribution < 1.29 is 5.11 Å². The third-order valence-electron chi connectivity index (χ3n) is 2.61. The summed E-state index contributed by atoms with van der Waals surface area (Å²) in [5.74, 6) is 0. The lowest BCUT2D eigenvalue weighted by atomic mass is 9.99. The van der Waals surface area contributed by atoms with Gasteiger partial charge in [-0.25, -0.2) is 5.11 Å². The molecule has 0 N–H and O–H groups in total. The van der Waals surface area contributed by atoms with E-state index in [1.165, 1.54) is 11.1 Å². The molecule has 81 valence electrons. The summed E-state index contributed by atoms with van der Waals surface area (Å²) in [6.45, 7) is 1.89. The van der Waals surface area contributed by atoms with Gasteiger partial charge in [-0.3, -0.25) is 0 Å². The maximum absolute atomic E-state index is 10.8. The molecular weight excluding hydrogens is 264 g/mol. The van der Waals surface area contributed by atoms with Crippen molar-refractivity contribution >= 4 is 15.9 Å². The van der Waals surface area contributed by atoms with E-state index in [9.17, 15) is 5.11 Å². The van der Waals surface area contributed by atoms with Crippen molar-refractivity contribution in [3.8, 4) is 11.1 Å². The van der Waals surface area contributed by atoms with Crippen LogP contribution in [0.5, 0.6) is 0 Å². The van der Waals surface area contributed by atoms with Gasteiger partial charge in [0.05, 0.1) is 0 Å². The van der Waals surface area contributed by atoms with Crippen LogP contribution in [-0.4, -0.2) is 0 Å². The summed E-state index contributed by atoms with van der Waals surface area (Å²) < 4.78 is 1.07. The van der Waals surface area contributed by atoms with Gasteiger partial charge in [0.25, 0.3) is 0 Å². The van der Waals surface area contributed by atoms with E-state index in [1.54, 1.807) is 0 Å². The normalized spacial score (nSPS) is 10.4. The lowest BCUT2D eigenvalue weighted by molar-refractivity contribution is 0.177. The molecule has 2 rings (SSSR count). The van der Waals surface area contributed by atoms with Gasteiger partial charge in [0.15, 0.2) is 0 Å². The first kappa shape index (κ1) is 11.4. The monoisotopic (exact) mass is 275 g/mol. The van der Waals surface area contributed by atoms with Crippen LogP contribution in [-0.2, 0) is 11.7 Å². The van der Waals surface area contributed by atoms with Gasteiger partial charge in [-0.2, -0.15) is 0 Å². The van der Waals surface area contributed by atoms with Gasteiger partial charge in [0.2, 0.25) is 0 Å². The summed E-state index contributed by atoms with van der Waals surface area (Å²) in [7, 11) is 0.